The molecule has 1 aliphatic rings. The van der Waals surface area contributed by atoms with E-state index in [0.717, 1.165) is 11.8 Å². The molecule has 0 saturated carbocycles. The van der Waals surface area contributed by atoms with Gasteiger partial charge < -0.3 is 10.4 Å². The van der Waals surface area contributed by atoms with Crippen LogP contribution in [0.5, 0.6) is 0 Å². The quantitative estimate of drug-likeness (QED) is 0.756. The van der Waals surface area contributed by atoms with Crippen molar-refractivity contribution >= 4 is 46.1 Å². The lowest BCUT2D eigenvalue weighted by molar-refractivity contribution is -0.139. The van der Waals surface area contributed by atoms with Gasteiger partial charge in [-0.3, -0.25) is 19.2 Å². The molecule has 9 heteroatoms. The van der Waals surface area contributed by atoms with Crippen LogP contribution in [0.15, 0.2) is 41.3 Å². The zero-order valence-electron chi connectivity index (χ0n) is 13.5. The number of rotatable bonds is 4. The maximum Gasteiger partial charge on any atom is 0.322 e. The Morgan fingerprint density at radius 1 is 1.15 bits per heavy atom. The minimum absolute atomic E-state index is 0.0554. The number of carboxylic acids is 1. The number of carbonyl (C=O) groups is 4. The van der Waals surface area contributed by atoms with Crippen LogP contribution in [-0.2, 0) is 14.4 Å². The van der Waals surface area contributed by atoms with Gasteiger partial charge in [0.05, 0.1) is 5.02 Å². The number of carboxylic acid groups (broad SMARTS) is 1. The highest BCUT2D eigenvalue weighted by Crippen LogP contribution is 2.37. The van der Waals surface area contributed by atoms with Crippen molar-refractivity contribution in [3.63, 3.8) is 0 Å². The SMILES string of the molecule is O=C(O)CNC(=O)C1C(=O)Sc2cc(-c3ccc(F)c(Cl)c3)ccc2C1=O. The Morgan fingerprint density at radius 3 is 2.48 bits per heavy atom. The molecule has 2 N–H and O–H groups in total. The number of nitrogens with one attached hydrogen (secondary N) is 1. The summed E-state index contributed by atoms with van der Waals surface area (Å²) in [5, 5.41) is 9.91. The number of benzene rings is 2. The summed E-state index contributed by atoms with van der Waals surface area (Å²) < 4.78 is 13.3. The Morgan fingerprint density at radius 2 is 1.81 bits per heavy atom. The first-order valence-corrected chi connectivity index (χ1v) is 8.82. The van der Waals surface area contributed by atoms with Crippen LogP contribution in [0.3, 0.4) is 0 Å². The minimum Gasteiger partial charge on any atom is -0.480 e. The Hall–Kier alpha value is -2.71. The number of aliphatic carboxylic acids is 1. The van der Waals surface area contributed by atoms with Gasteiger partial charge in [0.25, 0.3) is 0 Å². The maximum absolute atomic E-state index is 13.3. The van der Waals surface area contributed by atoms with E-state index in [-0.39, 0.29) is 10.6 Å². The predicted octanol–water partition coefficient (Wildman–Crippen LogP) is 2.78. The average Bonchev–Trinajstić information content (AvgIpc) is 2.61. The summed E-state index contributed by atoms with van der Waals surface area (Å²) in [6.07, 6.45) is 0. The summed E-state index contributed by atoms with van der Waals surface area (Å²) in [6, 6.07) is 8.82. The van der Waals surface area contributed by atoms with E-state index in [1.807, 2.05) is 5.32 Å². The summed E-state index contributed by atoms with van der Waals surface area (Å²) in [5.74, 6) is -5.07. The van der Waals surface area contributed by atoms with E-state index in [1.165, 1.54) is 24.3 Å². The van der Waals surface area contributed by atoms with Crippen LogP contribution in [0, 0.1) is 11.7 Å². The number of ketones is 1. The third-order valence-electron chi connectivity index (χ3n) is 3.88. The third kappa shape index (κ3) is 3.86. The highest BCUT2D eigenvalue weighted by Gasteiger charge is 2.40. The summed E-state index contributed by atoms with van der Waals surface area (Å²) in [4.78, 5) is 47.7. The molecule has 1 amide bonds. The molecule has 0 saturated heterocycles. The van der Waals surface area contributed by atoms with E-state index in [2.05, 4.69) is 0 Å². The lowest BCUT2D eigenvalue weighted by Gasteiger charge is -2.21. The van der Waals surface area contributed by atoms with Crippen LogP contribution in [0.4, 0.5) is 4.39 Å². The summed E-state index contributed by atoms with van der Waals surface area (Å²) >= 11 is 6.51. The molecular formula is C18H11ClFNO5S. The fraction of sp³-hybridized carbons (Fsp3) is 0.111. The second-order valence-corrected chi connectivity index (χ2v) is 7.12. The molecule has 0 fully saturated rings. The number of hydrogen-bond donors (Lipinski definition) is 2. The molecular weight excluding hydrogens is 397 g/mol. The van der Waals surface area contributed by atoms with Crippen LogP contribution >= 0.6 is 23.4 Å². The maximum atomic E-state index is 13.3. The van der Waals surface area contributed by atoms with Gasteiger partial charge in [-0.15, -0.1) is 0 Å². The van der Waals surface area contributed by atoms with E-state index in [9.17, 15) is 23.6 Å². The average molecular weight is 408 g/mol. The molecule has 27 heavy (non-hydrogen) atoms. The van der Waals surface area contributed by atoms with Crippen molar-refractivity contribution in [3.8, 4) is 11.1 Å². The van der Waals surface area contributed by atoms with Crippen molar-refractivity contribution in [1.82, 2.24) is 5.32 Å². The van der Waals surface area contributed by atoms with Crippen LogP contribution < -0.4 is 5.32 Å². The summed E-state index contributed by atoms with van der Waals surface area (Å²) in [5.41, 5.74) is 1.41. The molecule has 138 valence electrons. The van der Waals surface area contributed by atoms with Gasteiger partial charge in [0.15, 0.2) is 11.7 Å². The van der Waals surface area contributed by atoms with Crippen molar-refractivity contribution < 1.29 is 28.7 Å². The zero-order valence-corrected chi connectivity index (χ0v) is 15.1. The van der Waals surface area contributed by atoms with E-state index < -0.39 is 41.1 Å². The smallest absolute Gasteiger partial charge is 0.322 e. The molecule has 1 aliphatic heterocycles. The Balaban J connectivity index is 1.91. The lowest BCUT2D eigenvalue weighted by Crippen LogP contribution is -2.42. The summed E-state index contributed by atoms with van der Waals surface area (Å²) in [7, 11) is 0. The van der Waals surface area contributed by atoms with Gasteiger partial charge in [0.1, 0.15) is 12.4 Å². The van der Waals surface area contributed by atoms with E-state index >= 15 is 0 Å². The fourth-order valence-electron chi connectivity index (χ4n) is 2.59. The molecule has 1 atom stereocenters. The van der Waals surface area contributed by atoms with Gasteiger partial charge >= 0.3 is 5.97 Å². The molecule has 3 rings (SSSR count). The molecule has 0 radical (unpaired) electrons. The highest BCUT2D eigenvalue weighted by atomic mass is 35.5. The third-order valence-corrected chi connectivity index (χ3v) is 5.17. The normalized spacial score (nSPS) is 16.0. The first-order chi connectivity index (χ1) is 12.8. The number of carbonyl (C=O) groups excluding carboxylic acids is 3. The molecule has 0 aliphatic carbocycles. The Kier molecular flexibility index (Phi) is 5.29. The van der Waals surface area contributed by atoms with Crippen LogP contribution in [0.2, 0.25) is 5.02 Å². The number of fused-ring (bicyclic) bond motifs is 1. The predicted molar refractivity (Wildman–Crippen MR) is 96.2 cm³/mol. The van der Waals surface area contributed by atoms with Gasteiger partial charge in [-0.1, -0.05) is 23.7 Å². The topological polar surface area (TPSA) is 101 Å². The molecule has 2 aromatic rings. The van der Waals surface area contributed by atoms with Crippen molar-refractivity contribution in [3.05, 3.63) is 52.8 Å². The van der Waals surface area contributed by atoms with Gasteiger partial charge in [-0.25, -0.2) is 4.39 Å². The minimum atomic E-state index is -1.59. The molecule has 1 unspecified atom stereocenters. The van der Waals surface area contributed by atoms with Crippen molar-refractivity contribution in [1.29, 1.82) is 0 Å². The second kappa shape index (κ2) is 7.50. The van der Waals surface area contributed by atoms with Crippen molar-refractivity contribution in [2.75, 3.05) is 6.54 Å². The second-order valence-electron chi connectivity index (χ2n) is 5.67. The van der Waals surface area contributed by atoms with Gasteiger partial charge in [-0.05, 0) is 47.2 Å². The molecule has 2 aromatic carbocycles. The number of thioether (sulfide) groups is 1. The lowest BCUT2D eigenvalue weighted by atomic mass is 9.95. The van der Waals surface area contributed by atoms with Gasteiger partial charge in [-0.2, -0.15) is 0 Å². The van der Waals surface area contributed by atoms with E-state index in [1.54, 1.807) is 12.1 Å². The summed E-state index contributed by atoms with van der Waals surface area (Å²) in [6.45, 7) is -0.683. The Labute approximate surface area is 161 Å². The van der Waals surface area contributed by atoms with E-state index in [4.69, 9.17) is 16.7 Å². The molecule has 0 bridgehead atoms. The van der Waals surface area contributed by atoms with Gasteiger partial charge in [0, 0.05) is 10.5 Å². The molecule has 0 spiro atoms. The molecule has 0 aromatic heterocycles. The van der Waals surface area contributed by atoms with Crippen LogP contribution in [0.25, 0.3) is 11.1 Å². The van der Waals surface area contributed by atoms with Crippen molar-refractivity contribution in [2.24, 2.45) is 5.92 Å². The Bertz CT molecular complexity index is 994. The number of halogens is 2. The standard InChI is InChI=1S/C18H11ClFNO5S/c19-11-5-8(2-4-12(11)20)9-1-3-10-13(6-9)27-18(26)15(16(10)24)17(25)21-7-14(22)23/h1-6,15H,7H2,(H,21,25)(H,22,23). The van der Waals surface area contributed by atoms with E-state index in [0.29, 0.717) is 16.0 Å². The largest absolute Gasteiger partial charge is 0.480 e. The first kappa shape index (κ1) is 19.1. The van der Waals surface area contributed by atoms with Crippen molar-refractivity contribution in [2.45, 2.75) is 4.90 Å². The van der Waals surface area contributed by atoms with Crippen LogP contribution in [-0.4, -0.2) is 34.4 Å². The monoisotopic (exact) mass is 407 g/mol. The zero-order chi connectivity index (χ0) is 19.7. The first-order valence-electron chi connectivity index (χ1n) is 7.63. The molecule has 1 heterocycles. The highest BCUT2D eigenvalue weighted by molar-refractivity contribution is 8.14. The van der Waals surface area contributed by atoms with Crippen LogP contribution in [0.1, 0.15) is 10.4 Å². The molecule has 6 nitrogen and oxygen atoms in total. The number of hydrogen-bond acceptors (Lipinski definition) is 5. The number of Topliss-reactive ketones (excluding diaryl/α,β-unsaturated/α-hetero) is 1. The van der Waals surface area contributed by atoms with Gasteiger partial charge in [0.2, 0.25) is 11.0 Å². The fourth-order valence-corrected chi connectivity index (χ4v) is 3.78. The number of amides is 1.